The summed E-state index contributed by atoms with van der Waals surface area (Å²) in [6, 6.07) is 14.1. The van der Waals surface area contributed by atoms with E-state index in [1.807, 2.05) is 42.7 Å². The zero-order valence-corrected chi connectivity index (χ0v) is 15.6. The van der Waals surface area contributed by atoms with E-state index in [1.54, 1.807) is 0 Å². The molecule has 6 nitrogen and oxygen atoms in total. The van der Waals surface area contributed by atoms with Crippen molar-refractivity contribution in [1.82, 2.24) is 14.5 Å². The normalized spacial score (nSPS) is 15.2. The van der Waals surface area contributed by atoms with Crippen molar-refractivity contribution < 1.29 is 4.79 Å². The molecule has 0 radical (unpaired) electrons. The van der Waals surface area contributed by atoms with E-state index >= 15 is 0 Å². The van der Waals surface area contributed by atoms with Crippen LogP contribution in [0.2, 0.25) is 0 Å². The highest BCUT2D eigenvalue weighted by atomic mass is 16.2. The van der Waals surface area contributed by atoms with E-state index in [2.05, 4.69) is 43.7 Å². The van der Waals surface area contributed by atoms with Crippen molar-refractivity contribution in [3.8, 4) is 0 Å². The number of imidazole rings is 1. The van der Waals surface area contributed by atoms with Crippen LogP contribution in [0.5, 0.6) is 0 Å². The third-order valence-corrected chi connectivity index (χ3v) is 5.12. The molecule has 0 unspecified atom stereocenters. The van der Waals surface area contributed by atoms with Gasteiger partial charge in [0.1, 0.15) is 0 Å². The molecule has 0 bridgehead atoms. The Bertz CT molecular complexity index is 922. The first-order valence-electron chi connectivity index (χ1n) is 9.50. The van der Waals surface area contributed by atoms with Gasteiger partial charge in [0, 0.05) is 56.2 Å². The van der Waals surface area contributed by atoms with Gasteiger partial charge in [0.05, 0.1) is 6.54 Å². The summed E-state index contributed by atoms with van der Waals surface area (Å²) in [7, 11) is 0. The first kappa shape index (κ1) is 17.5. The van der Waals surface area contributed by atoms with E-state index in [-0.39, 0.29) is 5.91 Å². The van der Waals surface area contributed by atoms with Crippen LogP contribution in [0.15, 0.2) is 54.9 Å². The Morgan fingerprint density at radius 3 is 2.67 bits per heavy atom. The number of aryl methyl sites for hydroxylation is 1. The molecule has 1 saturated heterocycles. The molecule has 0 aliphatic carbocycles. The highest BCUT2D eigenvalue weighted by Gasteiger charge is 2.21. The lowest BCUT2D eigenvalue weighted by Gasteiger charge is -2.35. The highest BCUT2D eigenvalue weighted by molar-refractivity contribution is 6.02. The summed E-state index contributed by atoms with van der Waals surface area (Å²) in [4.78, 5) is 21.5. The summed E-state index contributed by atoms with van der Waals surface area (Å²) in [6.07, 6.45) is 3.86. The molecule has 140 valence electrons. The number of amides is 1. The summed E-state index contributed by atoms with van der Waals surface area (Å²) in [5.41, 5.74) is 0.877. The number of fused-ring (bicyclic) bond motifs is 1. The number of piperazine rings is 1. The Labute approximate surface area is 159 Å². The van der Waals surface area contributed by atoms with Gasteiger partial charge in [0.15, 0.2) is 0 Å². The molecule has 2 aromatic carbocycles. The van der Waals surface area contributed by atoms with Gasteiger partial charge in [-0.15, -0.1) is 0 Å². The van der Waals surface area contributed by atoms with Gasteiger partial charge in [-0.3, -0.25) is 9.69 Å². The molecule has 0 atom stereocenters. The Morgan fingerprint density at radius 1 is 1.07 bits per heavy atom. The Hall–Kier alpha value is -2.86. The molecule has 4 rings (SSSR count). The van der Waals surface area contributed by atoms with Crippen LogP contribution < -0.4 is 10.2 Å². The number of carbonyl (C=O) groups is 1. The highest BCUT2D eigenvalue weighted by Crippen LogP contribution is 2.23. The number of anilines is 2. The van der Waals surface area contributed by atoms with Gasteiger partial charge < -0.3 is 14.8 Å². The van der Waals surface area contributed by atoms with Crippen LogP contribution in [0.4, 0.5) is 11.6 Å². The largest absolute Gasteiger partial charge is 0.340 e. The second-order valence-corrected chi connectivity index (χ2v) is 6.85. The molecule has 1 N–H and O–H groups in total. The van der Waals surface area contributed by atoms with Gasteiger partial charge in [-0.1, -0.05) is 36.4 Å². The third kappa shape index (κ3) is 3.80. The third-order valence-electron chi connectivity index (χ3n) is 5.12. The molecule has 1 aliphatic rings. The zero-order chi connectivity index (χ0) is 18.6. The lowest BCUT2D eigenvalue weighted by Crippen LogP contribution is -2.49. The Morgan fingerprint density at radius 2 is 1.85 bits per heavy atom. The van der Waals surface area contributed by atoms with Crippen molar-refractivity contribution in [1.29, 1.82) is 0 Å². The molecular formula is C21H25N5O. The molecular weight excluding hydrogens is 338 g/mol. The number of hydrogen-bond acceptors (Lipinski definition) is 4. The molecule has 1 fully saturated rings. The van der Waals surface area contributed by atoms with E-state index in [4.69, 9.17) is 0 Å². The summed E-state index contributed by atoms with van der Waals surface area (Å²) < 4.78 is 2.16. The topological polar surface area (TPSA) is 53.4 Å². The standard InChI is InChI=1S/C21H25N5O/c1-2-25-11-10-22-21(25)26-14-12-24(13-15-26)16-20(27)23-19-9-5-7-17-6-3-4-8-18(17)19/h3-11H,2,12-16H2,1H3,(H,23,27). The van der Waals surface area contributed by atoms with Crippen molar-refractivity contribution in [3.63, 3.8) is 0 Å². The van der Waals surface area contributed by atoms with Crippen molar-refractivity contribution in [2.24, 2.45) is 0 Å². The second kappa shape index (κ2) is 7.80. The van der Waals surface area contributed by atoms with E-state index < -0.39 is 0 Å². The molecule has 1 aromatic heterocycles. The predicted octanol–water partition coefficient (Wildman–Crippen LogP) is 2.82. The lowest BCUT2D eigenvalue weighted by atomic mass is 10.1. The van der Waals surface area contributed by atoms with E-state index in [1.165, 1.54) is 0 Å². The lowest BCUT2D eigenvalue weighted by molar-refractivity contribution is -0.117. The van der Waals surface area contributed by atoms with Crippen LogP contribution in [0, 0.1) is 0 Å². The number of nitrogens with one attached hydrogen (secondary N) is 1. The van der Waals surface area contributed by atoms with Crippen LogP contribution >= 0.6 is 0 Å². The van der Waals surface area contributed by atoms with Gasteiger partial charge in [0.2, 0.25) is 11.9 Å². The van der Waals surface area contributed by atoms with Gasteiger partial charge in [-0.05, 0) is 18.4 Å². The van der Waals surface area contributed by atoms with Crippen molar-refractivity contribution in [2.45, 2.75) is 13.5 Å². The number of carbonyl (C=O) groups excluding carboxylic acids is 1. The van der Waals surface area contributed by atoms with Crippen LogP contribution in [0.3, 0.4) is 0 Å². The molecule has 0 saturated carbocycles. The summed E-state index contributed by atoms with van der Waals surface area (Å²) in [5, 5.41) is 5.29. The van der Waals surface area contributed by atoms with Crippen LogP contribution in [-0.2, 0) is 11.3 Å². The number of rotatable bonds is 5. The maximum atomic E-state index is 12.6. The van der Waals surface area contributed by atoms with Crippen LogP contribution in [0.1, 0.15) is 6.92 Å². The first-order valence-corrected chi connectivity index (χ1v) is 9.50. The summed E-state index contributed by atoms with van der Waals surface area (Å²) in [5.74, 6) is 1.06. The molecule has 2 heterocycles. The Kier molecular flexibility index (Phi) is 5.07. The molecule has 27 heavy (non-hydrogen) atoms. The average Bonchev–Trinajstić information content (AvgIpc) is 3.18. The summed E-state index contributed by atoms with van der Waals surface area (Å²) >= 11 is 0. The maximum Gasteiger partial charge on any atom is 0.238 e. The molecule has 6 heteroatoms. The SMILES string of the molecule is CCn1ccnc1N1CCN(CC(=O)Nc2cccc3ccccc23)CC1. The average molecular weight is 363 g/mol. The predicted molar refractivity (Wildman–Crippen MR) is 109 cm³/mol. The summed E-state index contributed by atoms with van der Waals surface area (Å²) in [6.45, 7) is 6.96. The van der Waals surface area contributed by atoms with Gasteiger partial charge >= 0.3 is 0 Å². The van der Waals surface area contributed by atoms with Crippen LogP contribution in [-0.4, -0.2) is 53.1 Å². The molecule has 0 spiro atoms. The van der Waals surface area contributed by atoms with Crippen molar-refractivity contribution in [2.75, 3.05) is 42.9 Å². The fourth-order valence-corrected chi connectivity index (χ4v) is 3.66. The monoisotopic (exact) mass is 363 g/mol. The quantitative estimate of drug-likeness (QED) is 0.757. The van der Waals surface area contributed by atoms with Gasteiger partial charge in [-0.25, -0.2) is 4.98 Å². The maximum absolute atomic E-state index is 12.6. The smallest absolute Gasteiger partial charge is 0.238 e. The second-order valence-electron chi connectivity index (χ2n) is 6.85. The Balaban J connectivity index is 1.34. The van der Waals surface area contributed by atoms with E-state index in [0.29, 0.717) is 6.54 Å². The van der Waals surface area contributed by atoms with E-state index in [9.17, 15) is 4.79 Å². The zero-order valence-electron chi connectivity index (χ0n) is 15.6. The minimum absolute atomic E-state index is 0.0369. The fourth-order valence-electron chi connectivity index (χ4n) is 3.66. The minimum atomic E-state index is 0.0369. The van der Waals surface area contributed by atoms with Crippen molar-refractivity contribution >= 4 is 28.3 Å². The number of benzene rings is 2. The number of hydrogen-bond donors (Lipinski definition) is 1. The van der Waals surface area contributed by atoms with Crippen molar-refractivity contribution in [3.05, 3.63) is 54.9 Å². The first-order chi connectivity index (χ1) is 13.2. The molecule has 3 aromatic rings. The number of aromatic nitrogens is 2. The molecule has 1 amide bonds. The fraction of sp³-hybridized carbons (Fsp3) is 0.333. The number of nitrogens with zero attached hydrogens (tertiary/aromatic N) is 4. The van der Waals surface area contributed by atoms with E-state index in [0.717, 1.165) is 55.1 Å². The van der Waals surface area contributed by atoms with Gasteiger partial charge in [-0.2, -0.15) is 0 Å². The minimum Gasteiger partial charge on any atom is -0.340 e. The van der Waals surface area contributed by atoms with Gasteiger partial charge in [0.25, 0.3) is 0 Å². The molecule has 1 aliphatic heterocycles. The van der Waals surface area contributed by atoms with Crippen LogP contribution in [0.25, 0.3) is 10.8 Å².